The summed E-state index contributed by atoms with van der Waals surface area (Å²) in [6, 6.07) is 11.5. The smallest absolute Gasteiger partial charge is 0.335 e. The molecule has 2 aromatic rings. The molecule has 122 valence electrons. The Labute approximate surface area is 146 Å². The second-order valence-electron chi connectivity index (χ2n) is 6.56. The molecule has 1 aliphatic heterocycles. The molecule has 0 fully saturated rings. The van der Waals surface area contributed by atoms with Crippen LogP contribution in [0.25, 0.3) is 0 Å². The summed E-state index contributed by atoms with van der Waals surface area (Å²) in [7, 11) is 0. The van der Waals surface area contributed by atoms with E-state index in [-0.39, 0.29) is 6.04 Å². The normalized spacial score (nSPS) is 24.2. The number of hydrogen-bond donors (Lipinski definition) is 2. The number of carboxylic acid groups (broad SMARTS) is 1. The number of halogens is 1. The maximum Gasteiger partial charge on any atom is 0.335 e. The van der Waals surface area contributed by atoms with Crippen LogP contribution in [0, 0.1) is 12.8 Å². The fraction of sp³-hybridized carbons (Fsp3) is 0.250. The molecular weight excluding hydrogens is 322 g/mol. The number of fused-ring (bicyclic) bond motifs is 3. The number of carboxylic acids is 1. The predicted octanol–water partition coefficient (Wildman–Crippen LogP) is 5.17. The van der Waals surface area contributed by atoms with E-state index in [1.807, 2.05) is 25.1 Å². The Balaban J connectivity index is 1.76. The highest BCUT2D eigenvalue weighted by Gasteiger charge is 2.39. The van der Waals surface area contributed by atoms with Crippen molar-refractivity contribution < 1.29 is 9.90 Å². The summed E-state index contributed by atoms with van der Waals surface area (Å²) in [5, 5.41) is 13.6. The molecule has 0 saturated heterocycles. The molecule has 3 atom stereocenters. The van der Waals surface area contributed by atoms with E-state index in [4.69, 9.17) is 16.7 Å². The number of allylic oxidation sites excluding steroid dienone is 2. The maximum atomic E-state index is 11.1. The molecule has 2 aromatic carbocycles. The first-order chi connectivity index (χ1) is 11.6. The van der Waals surface area contributed by atoms with Gasteiger partial charge >= 0.3 is 5.97 Å². The van der Waals surface area contributed by atoms with Gasteiger partial charge in [0.25, 0.3) is 0 Å². The second kappa shape index (κ2) is 5.67. The minimum Gasteiger partial charge on any atom is -0.478 e. The molecule has 0 amide bonds. The monoisotopic (exact) mass is 339 g/mol. The standard InChI is InChI=1S/C20H18ClNO2/c1-11-5-10-16-17(18(11)21)14-3-2-4-15(14)19(22-16)12-6-8-13(9-7-12)20(23)24/h2-3,5-10,14-15,19,22H,4H2,1H3,(H,23,24)/t14-,15+,19+/m1/s1. The molecule has 0 bridgehead atoms. The van der Waals surface area contributed by atoms with Crippen molar-refractivity contribution in [2.24, 2.45) is 5.92 Å². The van der Waals surface area contributed by atoms with Gasteiger partial charge in [0.05, 0.1) is 11.6 Å². The summed E-state index contributed by atoms with van der Waals surface area (Å²) in [6.45, 7) is 2.03. The van der Waals surface area contributed by atoms with E-state index in [1.54, 1.807) is 12.1 Å². The average Bonchev–Trinajstić information content (AvgIpc) is 3.07. The zero-order chi connectivity index (χ0) is 16.8. The summed E-state index contributed by atoms with van der Waals surface area (Å²) in [5.41, 5.74) is 4.79. The van der Waals surface area contributed by atoms with Crippen molar-refractivity contribution in [3.8, 4) is 0 Å². The van der Waals surface area contributed by atoms with Crippen molar-refractivity contribution in [1.29, 1.82) is 0 Å². The van der Waals surface area contributed by atoms with Crippen molar-refractivity contribution in [1.82, 2.24) is 0 Å². The molecule has 1 aliphatic carbocycles. The lowest BCUT2D eigenvalue weighted by Crippen LogP contribution is -2.29. The van der Waals surface area contributed by atoms with Crippen LogP contribution in [0.5, 0.6) is 0 Å². The van der Waals surface area contributed by atoms with Crippen LogP contribution in [0.15, 0.2) is 48.6 Å². The third-order valence-electron chi connectivity index (χ3n) is 5.18. The van der Waals surface area contributed by atoms with Gasteiger partial charge in [-0.1, -0.05) is 42.0 Å². The van der Waals surface area contributed by atoms with Gasteiger partial charge < -0.3 is 10.4 Å². The van der Waals surface area contributed by atoms with Crippen LogP contribution in [0.4, 0.5) is 5.69 Å². The Hall–Kier alpha value is -2.26. The van der Waals surface area contributed by atoms with Crippen LogP contribution in [0.2, 0.25) is 5.02 Å². The van der Waals surface area contributed by atoms with Gasteiger partial charge in [0.2, 0.25) is 0 Å². The van der Waals surface area contributed by atoms with Crippen LogP contribution in [0.3, 0.4) is 0 Å². The minimum atomic E-state index is -0.897. The number of aromatic carboxylic acids is 1. The molecule has 0 saturated carbocycles. The second-order valence-corrected chi connectivity index (χ2v) is 6.94. The fourth-order valence-corrected chi connectivity index (χ4v) is 4.21. The van der Waals surface area contributed by atoms with Gasteiger partial charge in [-0.25, -0.2) is 4.79 Å². The van der Waals surface area contributed by atoms with Crippen molar-refractivity contribution in [2.45, 2.75) is 25.3 Å². The highest BCUT2D eigenvalue weighted by atomic mass is 35.5. The van der Waals surface area contributed by atoms with Crippen molar-refractivity contribution in [3.05, 3.63) is 75.8 Å². The molecule has 0 aromatic heterocycles. The summed E-state index contributed by atoms with van der Waals surface area (Å²) < 4.78 is 0. The molecular formula is C20H18ClNO2. The van der Waals surface area contributed by atoms with Gasteiger partial charge in [-0.3, -0.25) is 0 Å². The van der Waals surface area contributed by atoms with Crippen LogP contribution < -0.4 is 5.32 Å². The van der Waals surface area contributed by atoms with E-state index >= 15 is 0 Å². The molecule has 0 unspecified atom stereocenters. The zero-order valence-corrected chi connectivity index (χ0v) is 14.0. The van der Waals surface area contributed by atoms with E-state index in [0.717, 1.165) is 28.3 Å². The Morgan fingerprint density at radius 3 is 2.67 bits per heavy atom. The Morgan fingerprint density at radius 1 is 1.21 bits per heavy atom. The SMILES string of the molecule is Cc1ccc2c(c1Cl)[C@@H]1C=CC[C@@H]1[C@H](c1ccc(C(=O)O)cc1)N2. The lowest BCUT2D eigenvalue weighted by Gasteiger charge is -2.38. The van der Waals surface area contributed by atoms with Crippen molar-refractivity contribution in [2.75, 3.05) is 5.32 Å². The quantitative estimate of drug-likeness (QED) is 0.742. The third-order valence-corrected chi connectivity index (χ3v) is 5.68. The van der Waals surface area contributed by atoms with Crippen LogP contribution in [0.1, 0.15) is 45.4 Å². The van der Waals surface area contributed by atoms with Crippen LogP contribution in [-0.2, 0) is 0 Å². The summed E-state index contributed by atoms with van der Waals surface area (Å²) in [4.78, 5) is 11.1. The lowest BCUT2D eigenvalue weighted by molar-refractivity contribution is 0.0697. The van der Waals surface area contributed by atoms with Gasteiger partial charge in [-0.05, 0) is 48.6 Å². The molecule has 4 heteroatoms. The van der Waals surface area contributed by atoms with Gasteiger partial charge in [-0.15, -0.1) is 0 Å². The number of hydrogen-bond acceptors (Lipinski definition) is 2. The third kappa shape index (κ3) is 2.31. The number of rotatable bonds is 2. The summed E-state index contributed by atoms with van der Waals surface area (Å²) in [6.07, 6.45) is 5.48. The zero-order valence-electron chi connectivity index (χ0n) is 13.3. The Bertz CT molecular complexity index is 841. The largest absolute Gasteiger partial charge is 0.478 e. The van der Waals surface area contributed by atoms with Gasteiger partial charge in [-0.2, -0.15) is 0 Å². The number of benzene rings is 2. The topological polar surface area (TPSA) is 49.3 Å². The summed E-state index contributed by atoms with van der Waals surface area (Å²) >= 11 is 6.59. The first kappa shape index (κ1) is 15.3. The molecule has 1 heterocycles. The van der Waals surface area contributed by atoms with Gasteiger partial charge in [0.15, 0.2) is 0 Å². The molecule has 24 heavy (non-hydrogen) atoms. The van der Waals surface area contributed by atoms with Gasteiger partial charge in [0.1, 0.15) is 0 Å². The van der Waals surface area contributed by atoms with E-state index in [9.17, 15) is 4.79 Å². The number of carbonyl (C=O) groups is 1. The molecule has 4 rings (SSSR count). The number of aryl methyl sites for hydroxylation is 1. The fourth-order valence-electron chi connectivity index (χ4n) is 3.92. The van der Waals surface area contributed by atoms with E-state index in [2.05, 4.69) is 23.5 Å². The average molecular weight is 340 g/mol. The molecule has 3 nitrogen and oxygen atoms in total. The number of anilines is 1. The highest BCUT2D eigenvalue weighted by Crippen LogP contribution is 2.52. The highest BCUT2D eigenvalue weighted by molar-refractivity contribution is 6.32. The van der Waals surface area contributed by atoms with Crippen LogP contribution >= 0.6 is 11.6 Å². The van der Waals surface area contributed by atoms with Crippen LogP contribution in [-0.4, -0.2) is 11.1 Å². The van der Waals surface area contributed by atoms with E-state index in [0.29, 0.717) is 17.4 Å². The van der Waals surface area contributed by atoms with Crippen molar-refractivity contribution >= 4 is 23.3 Å². The molecule has 2 N–H and O–H groups in total. The minimum absolute atomic E-state index is 0.152. The Kier molecular flexibility index (Phi) is 3.61. The first-order valence-electron chi connectivity index (χ1n) is 8.11. The molecule has 2 aliphatic rings. The molecule has 0 radical (unpaired) electrons. The number of nitrogens with one attached hydrogen (secondary N) is 1. The predicted molar refractivity (Wildman–Crippen MR) is 95.9 cm³/mol. The maximum absolute atomic E-state index is 11.1. The lowest BCUT2D eigenvalue weighted by atomic mass is 9.76. The van der Waals surface area contributed by atoms with Gasteiger partial charge in [0, 0.05) is 22.2 Å². The van der Waals surface area contributed by atoms with E-state index in [1.165, 1.54) is 5.56 Å². The van der Waals surface area contributed by atoms with E-state index < -0.39 is 5.97 Å². The first-order valence-corrected chi connectivity index (χ1v) is 8.49. The summed E-state index contributed by atoms with van der Waals surface area (Å²) in [5.74, 6) is -0.198. The Morgan fingerprint density at radius 2 is 1.96 bits per heavy atom. The molecule has 0 spiro atoms. The van der Waals surface area contributed by atoms with Crippen molar-refractivity contribution in [3.63, 3.8) is 0 Å².